The van der Waals surface area contributed by atoms with Gasteiger partial charge in [0.15, 0.2) is 0 Å². The van der Waals surface area contributed by atoms with Crippen LogP contribution in [0.25, 0.3) is 0 Å². The molecule has 4 nitrogen and oxygen atoms in total. The fraction of sp³-hybridized carbons (Fsp3) is 0.200. The van der Waals surface area contributed by atoms with Crippen LogP contribution in [0.1, 0.15) is 18.4 Å². The van der Waals surface area contributed by atoms with E-state index >= 15 is 0 Å². The lowest BCUT2D eigenvalue weighted by Crippen LogP contribution is -2.32. The first-order valence-corrected chi connectivity index (χ1v) is 6.13. The van der Waals surface area contributed by atoms with Crippen LogP contribution in [0.5, 0.6) is 0 Å². The fourth-order valence-electron chi connectivity index (χ4n) is 1.72. The molecule has 0 saturated carbocycles. The van der Waals surface area contributed by atoms with Crippen molar-refractivity contribution in [2.45, 2.75) is 19.4 Å². The van der Waals surface area contributed by atoms with E-state index < -0.39 is 6.09 Å². The van der Waals surface area contributed by atoms with E-state index in [1.54, 1.807) is 6.08 Å². The second-order valence-corrected chi connectivity index (χ2v) is 4.17. The SMILES string of the molecule is O=C(NC(=O)C1=CC=CCC1)OCc1ccccc1. The molecule has 98 valence electrons. The molecule has 0 fully saturated rings. The summed E-state index contributed by atoms with van der Waals surface area (Å²) in [6.45, 7) is 0.152. The number of hydrogen-bond acceptors (Lipinski definition) is 3. The molecule has 1 aliphatic carbocycles. The molecular formula is C15H15NO3. The number of benzene rings is 1. The molecule has 0 atom stereocenters. The van der Waals surface area contributed by atoms with Gasteiger partial charge in [0.2, 0.25) is 0 Å². The van der Waals surface area contributed by atoms with Crippen molar-refractivity contribution in [3.63, 3.8) is 0 Å². The summed E-state index contributed by atoms with van der Waals surface area (Å²) in [5.74, 6) is -0.387. The first kappa shape index (κ1) is 13.1. The highest BCUT2D eigenvalue weighted by atomic mass is 16.5. The molecule has 2 amide bonds. The van der Waals surface area contributed by atoms with Crippen LogP contribution in [0.2, 0.25) is 0 Å². The molecule has 1 aromatic rings. The van der Waals surface area contributed by atoms with E-state index in [1.165, 1.54) is 0 Å². The van der Waals surface area contributed by atoms with Gasteiger partial charge in [0.1, 0.15) is 6.61 Å². The van der Waals surface area contributed by atoms with Gasteiger partial charge in [0, 0.05) is 5.57 Å². The Kier molecular flexibility index (Phi) is 4.50. The van der Waals surface area contributed by atoms with Gasteiger partial charge < -0.3 is 4.74 Å². The van der Waals surface area contributed by atoms with E-state index in [0.717, 1.165) is 12.0 Å². The molecule has 0 heterocycles. The minimum absolute atomic E-state index is 0.152. The monoisotopic (exact) mass is 257 g/mol. The van der Waals surface area contributed by atoms with Gasteiger partial charge in [0.25, 0.3) is 5.91 Å². The van der Waals surface area contributed by atoms with Crippen molar-refractivity contribution in [1.29, 1.82) is 0 Å². The standard InChI is InChI=1S/C15H15NO3/c17-14(13-9-5-2-6-10-13)16-15(18)19-11-12-7-3-1-4-8-12/h1-5,7-9H,6,10-11H2,(H,16,17,18). The normalized spacial score (nSPS) is 13.6. The molecule has 4 heteroatoms. The largest absolute Gasteiger partial charge is 0.444 e. The van der Waals surface area contributed by atoms with Crippen molar-refractivity contribution >= 4 is 12.0 Å². The maximum atomic E-state index is 11.7. The predicted molar refractivity (Wildman–Crippen MR) is 71.2 cm³/mol. The third-order valence-corrected chi connectivity index (χ3v) is 2.73. The van der Waals surface area contributed by atoms with Gasteiger partial charge in [0.05, 0.1) is 0 Å². The Morgan fingerprint density at radius 1 is 1.21 bits per heavy atom. The van der Waals surface area contributed by atoms with Gasteiger partial charge in [-0.1, -0.05) is 48.6 Å². The van der Waals surface area contributed by atoms with Gasteiger partial charge in [-0.3, -0.25) is 10.1 Å². The lowest BCUT2D eigenvalue weighted by atomic mass is 10.0. The number of allylic oxidation sites excluding steroid dienone is 3. The zero-order chi connectivity index (χ0) is 13.5. The third-order valence-electron chi connectivity index (χ3n) is 2.73. The van der Waals surface area contributed by atoms with Gasteiger partial charge in [-0.25, -0.2) is 4.79 Å². The third kappa shape index (κ3) is 4.10. The Labute approximate surface area is 111 Å². The van der Waals surface area contributed by atoms with Crippen molar-refractivity contribution in [3.05, 3.63) is 59.7 Å². The number of rotatable bonds is 3. The first-order valence-electron chi connectivity index (χ1n) is 6.13. The zero-order valence-corrected chi connectivity index (χ0v) is 10.5. The molecule has 0 aliphatic heterocycles. The Hall–Kier alpha value is -2.36. The maximum Gasteiger partial charge on any atom is 0.414 e. The van der Waals surface area contributed by atoms with Crippen molar-refractivity contribution < 1.29 is 14.3 Å². The van der Waals surface area contributed by atoms with Crippen molar-refractivity contribution in [2.24, 2.45) is 0 Å². The predicted octanol–water partition coefficient (Wildman–Crippen LogP) is 2.72. The van der Waals surface area contributed by atoms with Gasteiger partial charge in [-0.15, -0.1) is 0 Å². The molecule has 1 N–H and O–H groups in total. The van der Waals surface area contributed by atoms with Crippen LogP contribution in [0, 0.1) is 0 Å². The second kappa shape index (κ2) is 6.54. The molecule has 19 heavy (non-hydrogen) atoms. The van der Waals surface area contributed by atoms with Crippen LogP contribution in [-0.2, 0) is 16.1 Å². The highest BCUT2D eigenvalue weighted by Crippen LogP contribution is 2.11. The van der Waals surface area contributed by atoms with Crippen LogP contribution in [0.4, 0.5) is 4.79 Å². The first-order chi connectivity index (χ1) is 9.25. The van der Waals surface area contributed by atoms with E-state index in [4.69, 9.17) is 4.74 Å². The van der Waals surface area contributed by atoms with Gasteiger partial charge in [-0.2, -0.15) is 0 Å². The molecule has 0 aromatic heterocycles. The molecule has 2 rings (SSSR count). The van der Waals surface area contributed by atoms with E-state index in [-0.39, 0.29) is 12.5 Å². The van der Waals surface area contributed by atoms with Gasteiger partial charge >= 0.3 is 6.09 Å². The molecule has 1 aromatic carbocycles. The fourth-order valence-corrected chi connectivity index (χ4v) is 1.72. The lowest BCUT2D eigenvalue weighted by Gasteiger charge is -2.09. The number of carbonyl (C=O) groups is 2. The summed E-state index contributed by atoms with van der Waals surface area (Å²) < 4.78 is 4.97. The summed E-state index contributed by atoms with van der Waals surface area (Å²) in [6.07, 6.45) is 6.25. The molecule has 0 radical (unpaired) electrons. The highest BCUT2D eigenvalue weighted by Gasteiger charge is 2.14. The highest BCUT2D eigenvalue weighted by molar-refractivity contribution is 6.02. The van der Waals surface area contributed by atoms with E-state index in [2.05, 4.69) is 5.32 Å². The topological polar surface area (TPSA) is 55.4 Å². The summed E-state index contributed by atoms with van der Waals surface area (Å²) in [4.78, 5) is 23.2. The van der Waals surface area contributed by atoms with Gasteiger partial charge in [-0.05, 0) is 18.4 Å². The Morgan fingerprint density at radius 3 is 2.68 bits per heavy atom. The lowest BCUT2D eigenvalue weighted by molar-refractivity contribution is -0.117. The zero-order valence-electron chi connectivity index (χ0n) is 10.5. The average Bonchev–Trinajstić information content (AvgIpc) is 2.47. The molecule has 0 unspecified atom stereocenters. The molecule has 1 aliphatic rings. The quantitative estimate of drug-likeness (QED) is 0.905. The van der Waals surface area contributed by atoms with Crippen LogP contribution in [0.3, 0.4) is 0 Å². The summed E-state index contributed by atoms with van der Waals surface area (Å²) in [6, 6.07) is 9.31. The van der Waals surface area contributed by atoms with E-state index in [1.807, 2.05) is 42.5 Å². The number of amides is 2. The molecule has 0 saturated heterocycles. The number of hydrogen-bond donors (Lipinski definition) is 1. The Morgan fingerprint density at radius 2 is 2.00 bits per heavy atom. The number of ether oxygens (including phenoxy) is 1. The van der Waals surface area contributed by atoms with Crippen LogP contribution in [-0.4, -0.2) is 12.0 Å². The Balaban J connectivity index is 1.80. The van der Waals surface area contributed by atoms with Crippen molar-refractivity contribution in [3.8, 4) is 0 Å². The van der Waals surface area contributed by atoms with Crippen molar-refractivity contribution in [1.82, 2.24) is 5.32 Å². The summed E-state index contributed by atoms with van der Waals surface area (Å²) in [5.41, 5.74) is 1.48. The number of imide groups is 1. The smallest absolute Gasteiger partial charge is 0.414 e. The minimum Gasteiger partial charge on any atom is -0.444 e. The minimum atomic E-state index is -0.718. The molecule has 0 bridgehead atoms. The average molecular weight is 257 g/mol. The second-order valence-electron chi connectivity index (χ2n) is 4.17. The number of carbonyl (C=O) groups excluding carboxylic acids is 2. The molecule has 0 spiro atoms. The van der Waals surface area contributed by atoms with E-state index in [9.17, 15) is 9.59 Å². The number of nitrogens with one attached hydrogen (secondary N) is 1. The summed E-state index contributed by atoms with van der Waals surface area (Å²) in [5, 5.41) is 2.22. The van der Waals surface area contributed by atoms with Crippen LogP contribution < -0.4 is 5.32 Å². The number of alkyl carbamates (subject to hydrolysis) is 1. The van der Waals surface area contributed by atoms with Crippen LogP contribution >= 0.6 is 0 Å². The maximum absolute atomic E-state index is 11.7. The summed E-state index contributed by atoms with van der Waals surface area (Å²) >= 11 is 0. The van der Waals surface area contributed by atoms with E-state index in [0.29, 0.717) is 12.0 Å². The Bertz CT molecular complexity index is 517. The summed E-state index contributed by atoms with van der Waals surface area (Å²) in [7, 11) is 0. The van der Waals surface area contributed by atoms with Crippen molar-refractivity contribution in [2.75, 3.05) is 0 Å². The molecular weight excluding hydrogens is 242 g/mol. The van der Waals surface area contributed by atoms with Crippen LogP contribution in [0.15, 0.2) is 54.1 Å².